The molecule has 0 aromatic heterocycles. The van der Waals surface area contributed by atoms with Crippen LogP contribution in [0.25, 0.3) is 0 Å². The minimum atomic E-state index is -1.30. The van der Waals surface area contributed by atoms with Crippen molar-refractivity contribution in [1.82, 2.24) is 20.4 Å². The molecule has 0 fully saturated rings. The van der Waals surface area contributed by atoms with E-state index in [1.807, 2.05) is 0 Å². The SMILES string of the molecule is O=C(O)CN(CCOCCN1C(=O)C=CC1=O)C(=O)CNC(=O)CNC(=O)CSC(=O)c1cccc(C(=O)O)c1. The van der Waals surface area contributed by atoms with Gasteiger partial charge >= 0.3 is 11.9 Å². The predicted octanol–water partition coefficient (Wildman–Crippen LogP) is -1.65. The van der Waals surface area contributed by atoms with Gasteiger partial charge in [-0.1, -0.05) is 23.9 Å². The van der Waals surface area contributed by atoms with Crippen molar-refractivity contribution >= 4 is 58.4 Å². The molecule has 1 aromatic carbocycles. The second-order valence-corrected chi connectivity index (χ2v) is 8.95. The van der Waals surface area contributed by atoms with Gasteiger partial charge in [0.2, 0.25) is 22.8 Å². The molecule has 1 aliphatic heterocycles. The number of amides is 5. The highest BCUT2D eigenvalue weighted by molar-refractivity contribution is 8.14. The highest BCUT2D eigenvalue weighted by atomic mass is 32.2. The van der Waals surface area contributed by atoms with Crippen LogP contribution in [0.5, 0.6) is 0 Å². The highest BCUT2D eigenvalue weighted by Gasteiger charge is 2.23. The smallest absolute Gasteiger partial charge is 0.335 e. The maximum atomic E-state index is 12.4. The van der Waals surface area contributed by atoms with E-state index < -0.39 is 66.2 Å². The summed E-state index contributed by atoms with van der Waals surface area (Å²) < 4.78 is 5.28. The van der Waals surface area contributed by atoms with E-state index in [1.54, 1.807) is 0 Å². The fourth-order valence-corrected chi connectivity index (χ4v) is 3.77. The lowest BCUT2D eigenvalue weighted by atomic mass is 10.1. The molecule has 1 heterocycles. The topological polar surface area (TPSA) is 217 Å². The Labute approximate surface area is 231 Å². The zero-order valence-electron chi connectivity index (χ0n) is 21.0. The van der Waals surface area contributed by atoms with E-state index in [4.69, 9.17) is 14.9 Å². The van der Waals surface area contributed by atoms with Crippen LogP contribution in [-0.2, 0) is 33.5 Å². The number of carbonyl (C=O) groups excluding carboxylic acids is 6. The van der Waals surface area contributed by atoms with E-state index >= 15 is 0 Å². The third kappa shape index (κ3) is 10.7. The van der Waals surface area contributed by atoms with E-state index in [2.05, 4.69) is 10.6 Å². The van der Waals surface area contributed by atoms with Crippen LogP contribution in [0.4, 0.5) is 0 Å². The van der Waals surface area contributed by atoms with Crippen LogP contribution in [0, 0.1) is 0 Å². The molecule has 0 radical (unpaired) electrons. The molecule has 15 nitrogen and oxygen atoms in total. The van der Waals surface area contributed by atoms with Gasteiger partial charge in [0.05, 0.1) is 44.2 Å². The molecule has 0 unspecified atom stereocenters. The van der Waals surface area contributed by atoms with Gasteiger partial charge in [-0.2, -0.15) is 0 Å². The Kier molecular flexibility index (Phi) is 12.5. The van der Waals surface area contributed by atoms with Gasteiger partial charge in [-0.05, 0) is 12.1 Å². The van der Waals surface area contributed by atoms with Gasteiger partial charge in [0.25, 0.3) is 11.8 Å². The Hall–Kier alpha value is -4.57. The third-order valence-corrected chi connectivity index (χ3v) is 6.01. The summed E-state index contributed by atoms with van der Waals surface area (Å²) in [6.07, 6.45) is 2.25. The van der Waals surface area contributed by atoms with Crippen molar-refractivity contribution in [1.29, 1.82) is 0 Å². The Balaban J connectivity index is 1.68. The lowest BCUT2D eigenvalue weighted by Gasteiger charge is -2.21. The molecule has 0 atom stereocenters. The summed E-state index contributed by atoms with van der Waals surface area (Å²) in [6, 6.07) is 5.29. The molecule has 1 aliphatic rings. The van der Waals surface area contributed by atoms with Crippen molar-refractivity contribution in [3.63, 3.8) is 0 Å². The normalized spacial score (nSPS) is 12.2. The number of carbonyl (C=O) groups is 8. The maximum absolute atomic E-state index is 12.4. The number of nitrogens with zero attached hydrogens (tertiary/aromatic N) is 2. The number of aliphatic carboxylic acids is 1. The number of aromatic carboxylic acids is 1. The highest BCUT2D eigenvalue weighted by Crippen LogP contribution is 2.14. The fraction of sp³-hybridized carbons (Fsp3) is 0.333. The van der Waals surface area contributed by atoms with E-state index in [-0.39, 0.29) is 43.2 Å². The monoisotopic (exact) mass is 578 g/mol. The number of carboxylic acids is 2. The number of imide groups is 1. The molecule has 5 amide bonds. The minimum absolute atomic E-state index is 0.0100. The molecule has 2 rings (SSSR count). The molecule has 4 N–H and O–H groups in total. The lowest BCUT2D eigenvalue weighted by Crippen LogP contribution is -2.46. The molecule has 214 valence electrons. The first kappa shape index (κ1) is 31.6. The van der Waals surface area contributed by atoms with Crippen LogP contribution in [0.3, 0.4) is 0 Å². The van der Waals surface area contributed by atoms with E-state index in [0.717, 1.165) is 22.0 Å². The molecule has 40 heavy (non-hydrogen) atoms. The van der Waals surface area contributed by atoms with Crippen molar-refractivity contribution in [3.05, 3.63) is 47.5 Å². The fourth-order valence-electron chi connectivity index (χ4n) is 3.11. The van der Waals surface area contributed by atoms with Crippen LogP contribution < -0.4 is 10.6 Å². The third-order valence-electron chi connectivity index (χ3n) is 5.11. The first-order chi connectivity index (χ1) is 19.0. The number of hydrogen-bond acceptors (Lipinski definition) is 10. The molecule has 0 saturated carbocycles. The number of rotatable bonds is 16. The first-order valence-corrected chi connectivity index (χ1v) is 12.6. The summed E-state index contributed by atoms with van der Waals surface area (Å²) in [7, 11) is 0. The number of benzene rings is 1. The van der Waals surface area contributed by atoms with E-state index in [9.17, 15) is 38.4 Å². The minimum Gasteiger partial charge on any atom is -0.480 e. The standard InChI is InChI=1S/C24H26N4O11S/c29-17(11-25-18(30)14-40-24(38)16-3-1-2-15(10-16)23(36)37)26-12-21(33)27(13-22(34)35)6-8-39-9-7-28-19(31)4-5-20(28)32/h1-5,10H,6-9,11-14H2,(H,25,30)(H,26,29)(H,34,35)(H,36,37). The van der Waals surface area contributed by atoms with Crippen molar-refractivity contribution < 1.29 is 53.3 Å². The zero-order valence-corrected chi connectivity index (χ0v) is 21.8. The van der Waals surface area contributed by atoms with Crippen molar-refractivity contribution in [2.24, 2.45) is 0 Å². The van der Waals surface area contributed by atoms with Gasteiger partial charge in [0.1, 0.15) is 6.54 Å². The molecule has 0 bridgehead atoms. The summed E-state index contributed by atoms with van der Waals surface area (Å²) in [5.41, 5.74) is 0.0154. The quantitative estimate of drug-likeness (QED) is 0.128. The van der Waals surface area contributed by atoms with Gasteiger partial charge in [0, 0.05) is 24.3 Å². The van der Waals surface area contributed by atoms with Crippen LogP contribution in [0.2, 0.25) is 0 Å². The Morgan fingerprint density at radius 2 is 1.55 bits per heavy atom. The Bertz CT molecular complexity index is 1200. The van der Waals surface area contributed by atoms with E-state index in [1.165, 1.54) is 24.3 Å². The van der Waals surface area contributed by atoms with Crippen LogP contribution >= 0.6 is 11.8 Å². The molecular weight excluding hydrogens is 552 g/mol. The number of ether oxygens (including phenoxy) is 1. The summed E-state index contributed by atoms with van der Waals surface area (Å²) in [5.74, 6) is -5.93. The van der Waals surface area contributed by atoms with Gasteiger partial charge in [-0.25, -0.2) is 4.79 Å². The second-order valence-electron chi connectivity index (χ2n) is 8.00. The Morgan fingerprint density at radius 1 is 0.900 bits per heavy atom. The second kappa shape index (κ2) is 15.7. The summed E-state index contributed by atoms with van der Waals surface area (Å²) in [4.78, 5) is 95.5. The summed E-state index contributed by atoms with van der Waals surface area (Å²) >= 11 is 0.613. The van der Waals surface area contributed by atoms with Gasteiger partial charge in [-0.3, -0.25) is 38.5 Å². The lowest BCUT2D eigenvalue weighted by molar-refractivity contribution is -0.145. The molecule has 1 aromatic rings. The summed E-state index contributed by atoms with van der Waals surface area (Å²) in [5, 5.41) is 22.0. The van der Waals surface area contributed by atoms with Gasteiger partial charge in [0.15, 0.2) is 0 Å². The summed E-state index contributed by atoms with van der Waals surface area (Å²) in [6.45, 7) is -2.00. The molecular formula is C24H26N4O11S. The average Bonchev–Trinajstić information content (AvgIpc) is 3.24. The van der Waals surface area contributed by atoms with Crippen LogP contribution in [0.15, 0.2) is 36.4 Å². The molecule has 0 saturated heterocycles. The average molecular weight is 579 g/mol. The van der Waals surface area contributed by atoms with Crippen molar-refractivity contribution in [3.8, 4) is 0 Å². The van der Waals surface area contributed by atoms with Gasteiger partial charge < -0.3 is 30.5 Å². The van der Waals surface area contributed by atoms with Crippen LogP contribution in [-0.4, -0.2) is 118 Å². The Morgan fingerprint density at radius 3 is 2.20 bits per heavy atom. The molecule has 16 heteroatoms. The number of thioether (sulfide) groups is 1. The van der Waals surface area contributed by atoms with Crippen LogP contribution in [0.1, 0.15) is 20.7 Å². The number of hydrogen-bond donors (Lipinski definition) is 4. The number of nitrogens with one attached hydrogen (secondary N) is 2. The molecule has 0 spiro atoms. The van der Waals surface area contributed by atoms with Gasteiger partial charge in [-0.15, -0.1) is 0 Å². The van der Waals surface area contributed by atoms with Crippen molar-refractivity contribution in [2.75, 3.05) is 51.7 Å². The van der Waals surface area contributed by atoms with Crippen molar-refractivity contribution in [2.45, 2.75) is 0 Å². The maximum Gasteiger partial charge on any atom is 0.335 e. The number of carboxylic acid groups (broad SMARTS) is 2. The first-order valence-electron chi connectivity index (χ1n) is 11.6. The van der Waals surface area contributed by atoms with E-state index in [0.29, 0.717) is 11.8 Å². The largest absolute Gasteiger partial charge is 0.480 e. The predicted molar refractivity (Wildman–Crippen MR) is 137 cm³/mol. The zero-order chi connectivity index (χ0) is 29.7. The molecule has 0 aliphatic carbocycles.